The summed E-state index contributed by atoms with van der Waals surface area (Å²) in [6.45, 7) is 4.93. The van der Waals surface area contributed by atoms with Crippen molar-refractivity contribution >= 4 is 6.08 Å². The molecule has 4 heterocycles. The van der Waals surface area contributed by atoms with E-state index < -0.39 is 0 Å². The first-order valence-electron chi connectivity index (χ1n) is 8.87. The highest BCUT2D eigenvalue weighted by molar-refractivity contribution is 5.66. The van der Waals surface area contributed by atoms with Gasteiger partial charge in [0.15, 0.2) is 11.5 Å². The molecule has 4 aliphatic rings. The summed E-state index contributed by atoms with van der Waals surface area (Å²) in [6, 6.07) is 8.07. The maximum Gasteiger partial charge on any atom is 0.231 e. The Morgan fingerprint density at radius 1 is 0.846 bits per heavy atom. The quantitative estimate of drug-likeness (QED) is 0.712. The van der Waals surface area contributed by atoms with Gasteiger partial charge in [0.1, 0.15) is 29.0 Å². The van der Waals surface area contributed by atoms with E-state index in [9.17, 15) is 0 Å². The van der Waals surface area contributed by atoms with Crippen LogP contribution in [0.5, 0.6) is 28.7 Å². The van der Waals surface area contributed by atoms with E-state index in [-0.39, 0.29) is 24.4 Å². The fourth-order valence-corrected chi connectivity index (χ4v) is 4.12. The third kappa shape index (κ3) is 1.91. The largest absolute Gasteiger partial charge is 0.492 e. The zero-order valence-corrected chi connectivity index (χ0v) is 14.6. The Morgan fingerprint density at radius 3 is 2.54 bits per heavy atom. The molecule has 0 radical (unpaired) electrons. The minimum absolute atomic E-state index is 0.0649. The van der Waals surface area contributed by atoms with Crippen molar-refractivity contribution in [2.45, 2.75) is 31.5 Å². The molecule has 4 aliphatic heterocycles. The van der Waals surface area contributed by atoms with E-state index >= 15 is 0 Å². The van der Waals surface area contributed by atoms with Gasteiger partial charge in [0.05, 0.1) is 12.5 Å². The Balaban J connectivity index is 1.43. The molecule has 0 aromatic heterocycles. The van der Waals surface area contributed by atoms with Gasteiger partial charge in [-0.05, 0) is 32.1 Å². The van der Waals surface area contributed by atoms with Crippen LogP contribution < -0.4 is 23.7 Å². The third-order valence-electron chi connectivity index (χ3n) is 5.43. The summed E-state index contributed by atoms with van der Waals surface area (Å²) in [6.07, 6.45) is 4.12. The maximum absolute atomic E-state index is 6.31. The fraction of sp³-hybridized carbons (Fsp3) is 0.333. The molecule has 6 rings (SSSR count). The fourth-order valence-electron chi connectivity index (χ4n) is 4.12. The Labute approximate surface area is 151 Å². The summed E-state index contributed by atoms with van der Waals surface area (Å²) in [5, 5.41) is 0. The number of rotatable bonds is 0. The molecule has 132 valence electrons. The Morgan fingerprint density at radius 2 is 1.65 bits per heavy atom. The first-order valence-corrected chi connectivity index (χ1v) is 8.87. The van der Waals surface area contributed by atoms with Crippen molar-refractivity contribution in [2.75, 3.05) is 13.4 Å². The van der Waals surface area contributed by atoms with Crippen LogP contribution in [-0.4, -0.2) is 19.0 Å². The van der Waals surface area contributed by atoms with Crippen molar-refractivity contribution in [2.24, 2.45) is 0 Å². The molecule has 0 saturated carbocycles. The molecule has 0 fully saturated rings. The van der Waals surface area contributed by atoms with Gasteiger partial charge >= 0.3 is 0 Å². The highest BCUT2D eigenvalue weighted by atomic mass is 16.7. The summed E-state index contributed by atoms with van der Waals surface area (Å²) in [5.41, 5.74) is 2.93. The van der Waals surface area contributed by atoms with Gasteiger partial charge in [-0.1, -0.05) is 6.08 Å². The molecule has 0 saturated heterocycles. The van der Waals surface area contributed by atoms with Crippen molar-refractivity contribution < 1.29 is 23.7 Å². The van der Waals surface area contributed by atoms with Crippen LogP contribution in [0.2, 0.25) is 0 Å². The minimum atomic E-state index is -0.306. The lowest BCUT2D eigenvalue weighted by atomic mass is 9.88. The van der Waals surface area contributed by atoms with Gasteiger partial charge in [-0.15, -0.1) is 0 Å². The second-order valence-electron chi connectivity index (χ2n) is 7.67. The summed E-state index contributed by atoms with van der Waals surface area (Å²) < 4.78 is 29.5. The topological polar surface area (TPSA) is 46.2 Å². The lowest BCUT2D eigenvalue weighted by Gasteiger charge is -2.32. The molecule has 2 aromatic carbocycles. The molecule has 0 amide bonds. The molecule has 2 atom stereocenters. The molecule has 0 aliphatic carbocycles. The molecular formula is C21H18O5. The molecule has 5 heteroatoms. The van der Waals surface area contributed by atoms with Gasteiger partial charge in [0, 0.05) is 28.8 Å². The average molecular weight is 350 g/mol. The number of fused-ring (bicyclic) bond motifs is 7. The predicted molar refractivity (Wildman–Crippen MR) is 94.4 cm³/mol. The zero-order valence-electron chi connectivity index (χ0n) is 14.6. The number of hydrogen-bond acceptors (Lipinski definition) is 5. The molecule has 0 unspecified atom stereocenters. The van der Waals surface area contributed by atoms with Gasteiger partial charge < -0.3 is 23.7 Å². The predicted octanol–water partition coefficient (Wildman–Crippen LogP) is 4.21. The SMILES string of the molecule is CC1(C)C=Cc2cc3c(cc2O1)OC[C@@H]1c2cc4c(cc2O[C@H]31)OCO4. The van der Waals surface area contributed by atoms with Crippen molar-refractivity contribution in [3.05, 3.63) is 47.0 Å². The molecule has 0 N–H and O–H groups in total. The van der Waals surface area contributed by atoms with Gasteiger partial charge in [-0.3, -0.25) is 0 Å². The van der Waals surface area contributed by atoms with Crippen LogP contribution in [0.3, 0.4) is 0 Å². The lowest BCUT2D eigenvalue weighted by molar-refractivity contribution is 0.134. The average Bonchev–Trinajstić information content (AvgIpc) is 3.20. The van der Waals surface area contributed by atoms with E-state index in [0.29, 0.717) is 6.61 Å². The summed E-state index contributed by atoms with van der Waals surface area (Å²) in [5.74, 6) is 4.21. The van der Waals surface area contributed by atoms with Crippen molar-refractivity contribution in [1.29, 1.82) is 0 Å². The van der Waals surface area contributed by atoms with E-state index in [1.54, 1.807) is 0 Å². The van der Waals surface area contributed by atoms with Gasteiger partial charge in [0.2, 0.25) is 6.79 Å². The van der Waals surface area contributed by atoms with E-state index in [0.717, 1.165) is 45.4 Å². The van der Waals surface area contributed by atoms with Crippen LogP contribution in [0.4, 0.5) is 0 Å². The van der Waals surface area contributed by atoms with Gasteiger partial charge in [-0.25, -0.2) is 0 Å². The van der Waals surface area contributed by atoms with E-state index in [4.69, 9.17) is 23.7 Å². The van der Waals surface area contributed by atoms with Crippen LogP contribution in [0.15, 0.2) is 30.3 Å². The van der Waals surface area contributed by atoms with Crippen LogP contribution in [0.1, 0.15) is 42.6 Å². The van der Waals surface area contributed by atoms with E-state index in [1.807, 2.05) is 32.0 Å². The normalized spacial score (nSPS) is 25.2. The number of benzene rings is 2. The Hall–Kier alpha value is -2.82. The minimum Gasteiger partial charge on any atom is -0.492 e. The summed E-state index contributed by atoms with van der Waals surface area (Å²) >= 11 is 0. The van der Waals surface area contributed by atoms with Crippen LogP contribution in [0.25, 0.3) is 6.08 Å². The third-order valence-corrected chi connectivity index (χ3v) is 5.43. The molecule has 2 aromatic rings. The summed E-state index contributed by atoms with van der Waals surface area (Å²) in [7, 11) is 0. The zero-order chi connectivity index (χ0) is 17.5. The highest BCUT2D eigenvalue weighted by Gasteiger charge is 2.42. The van der Waals surface area contributed by atoms with Crippen LogP contribution >= 0.6 is 0 Å². The van der Waals surface area contributed by atoms with Crippen molar-refractivity contribution in [1.82, 2.24) is 0 Å². The standard InChI is InChI=1S/C21H18O5/c1-21(2)4-3-11-5-13-16(7-15(11)26-21)22-9-14-12-6-18-19(24-10-23-18)8-17(12)25-20(13)14/h3-8,14,20H,9-10H2,1-2H3/t14-,20-/m1/s1. The summed E-state index contributed by atoms with van der Waals surface area (Å²) in [4.78, 5) is 0. The molecule has 0 bridgehead atoms. The number of hydrogen-bond donors (Lipinski definition) is 0. The van der Waals surface area contributed by atoms with Gasteiger partial charge in [-0.2, -0.15) is 0 Å². The molecule has 0 spiro atoms. The first kappa shape index (κ1) is 14.4. The van der Waals surface area contributed by atoms with Gasteiger partial charge in [0.25, 0.3) is 0 Å². The molecule has 5 nitrogen and oxygen atoms in total. The monoisotopic (exact) mass is 350 g/mol. The Bertz CT molecular complexity index is 975. The number of ether oxygens (including phenoxy) is 5. The van der Waals surface area contributed by atoms with Crippen molar-refractivity contribution in [3.63, 3.8) is 0 Å². The van der Waals surface area contributed by atoms with E-state index in [2.05, 4.69) is 18.2 Å². The van der Waals surface area contributed by atoms with Crippen molar-refractivity contribution in [3.8, 4) is 28.7 Å². The molecular weight excluding hydrogens is 332 g/mol. The van der Waals surface area contributed by atoms with Crippen LogP contribution in [-0.2, 0) is 0 Å². The Kier molecular flexibility index (Phi) is 2.58. The first-order chi connectivity index (χ1) is 12.6. The van der Waals surface area contributed by atoms with E-state index in [1.165, 1.54) is 0 Å². The lowest BCUT2D eigenvalue weighted by Crippen LogP contribution is -2.28. The second-order valence-corrected chi connectivity index (χ2v) is 7.67. The smallest absolute Gasteiger partial charge is 0.231 e. The maximum atomic E-state index is 6.31. The molecule has 26 heavy (non-hydrogen) atoms. The van der Waals surface area contributed by atoms with Crippen LogP contribution in [0, 0.1) is 0 Å². The highest BCUT2D eigenvalue weighted by Crippen LogP contribution is 2.55. The second kappa shape index (κ2) is 4.67.